The fourth-order valence-corrected chi connectivity index (χ4v) is 4.02. The Morgan fingerprint density at radius 2 is 2.10 bits per heavy atom. The minimum atomic E-state index is 0.665. The highest BCUT2D eigenvalue weighted by Crippen LogP contribution is 2.34. The van der Waals surface area contributed by atoms with Gasteiger partial charge in [-0.05, 0) is 48.7 Å². The van der Waals surface area contributed by atoms with Gasteiger partial charge in [0.05, 0.1) is 0 Å². The van der Waals surface area contributed by atoms with Gasteiger partial charge in [0.2, 0.25) is 0 Å². The molecular weight excluding hydrogens is 264 g/mol. The van der Waals surface area contributed by atoms with E-state index in [1.165, 1.54) is 52.9 Å². The highest BCUT2D eigenvalue weighted by Gasteiger charge is 2.25. The maximum Gasteiger partial charge on any atom is 0.0349 e. The van der Waals surface area contributed by atoms with Gasteiger partial charge in [0.15, 0.2) is 0 Å². The van der Waals surface area contributed by atoms with Crippen LogP contribution in [0, 0.1) is 5.92 Å². The molecule has 0 spiro atoms. The largest absolute Gasteiger partial charge is 0.326 e. The van der Waals surface area contributed by atoms with E-state index in [9.17, 15) is 0 Å². The maximum atomic E-state index is 5.97. The lowest BCUT2D eigenvalue weighted by Crippen LogP contribution is -2.26. The van der Waals surface area contributed by atoms with Gasteiger partial charge >= 0.3 is 0 Å². The lowest BCUT2D eigenvalue weighted by molar-refractivity contribution is 0.255. The van der Waals surface area contributed by atoms with Gasteiger partial charge in [-0.3, -0.25) is 4.90 Å². The predicted molar refractivity (Wildman–Crippen MR) is 88.0 cm³/mol. The van der Waals surface area contributed by atoms with Crippen molar-refractivity contribution in [2.45, 2.75) is 39.3 Å². The van der Waals surface area contributed by atoms with Crippen molar-refractivity contribution < 1.29 is 0 Å². The smallest absolute Gasteiger partial charge is 0.0349 e. The van der Waals surface area contributed by atoms with Gasteiger partial charge in [-0.25, -0.2) is 0 Å². The molecule has 108 valence electrons. The van der Waals surface area contributed by atoms with Crippen molar-refractivity contribution in [2.24, 2.45) is 11.7 Å². The van der Waals surface area contributed by atoms with Crippen molar-refractivity contribution in [2.75, 3.05) is 13.1 Å². The van der Waals surface area contributed by atoms with Crippen molar-refractivity contribution in [3.8, 4) is 0 Å². The molecule has 1 aromatic heterocycles. The molecule has 1 heterocycles. The van der Waals surface area contributed by atoms with Gasteiger partial charge in [-0.15, -0.1) is 11.3 Å². The average molecular weight is 288 g/mol. The molecule has 1 aliphatic carbocycles. The number of nitrogens with two attached hydrogens (primary N) is 1. The van der Waals surface area contributed by atoms with E-state index in [4.69, 9.17) is 5.73 Å². The monoisotopic (exact) mass is 288 g/mol. The third-order valence-corrected chi connectivity index (χ3v) is 5.34. The molecule has 2 aromatic rings. The van der Waals surface area contributed by atoms with Crippen LogP contribution in [0.3, 0.4) is 0 Å². The van der Waals surface area contributed by atoms with E-state index in [0.29, 0.717) is 6.54 Å². The van der Waals surface area contributed by atoms with E-state index in [2.05, 4.69) is 36.1 Å². The molecular formula is C17H24N2S. The Bertz CT molecular complexity index is 571. The molecule has 1 aliphatic rings. The van der Waals surface area contributed by atoms with E-state index in [1.807, 2.05) is 11.3 Å². The van der Waals surface area contributed by atoms with Crippen LogP contribution in [0.1, 0.15) is 36.6 Å². The average Bonchev–Trinajstić information content (AvgIpc) is 3.20. The van der Waals surface area contributed by atoms with Crippen LogP contribution in [-0.4, -0.2) is 18.0 Å². The van der Waals surface area contributed by atoms with Crippen molar-refractivity contribution in [3.05, 3.63) is 34.7 Å². The maximum absolute atomic E-state index is 5.97. The summed E-state index contributed by atoms with van der Waals surface area (Å²) in [5.41, 5.74) is 7.44. The SMILES string of the molecule is CCCN(Cc1c(CN)sc2ccccc12)CC1CC1. The van der Waals surface area contributed by atoms with Gasteiger partial charge in [0.25, 0.3) is 0 Å². The zero-order valence-corrected chi connectivity index (χ0v) is 13.1. The van der Waals surface area contributed by atoms with Gasteiger partial charge in [-0.2, -0.15) is 0 Å². The van der Waals surface area contributed by atoms with Crippen molar-refractivity contribution in [1.82, 2.24) is 4.90 Å². The van der Waals surface area contributed by atoms with E-state index in [0.717, 1.165) is 12.5 Å². The van der Waals surface area contributed by atoms with E-state index in [-0.39, 0.29) is 0 Å². The topological polar surface area (TPSA) is 29.3 Å². The number of rotatable bonds is 7. The molecule has 1 aromatic carbocycles. The summed E-state index contributed by atoms with van der Waals surface area (Å²) < 4.78 is 1.38. The summed E-state index contributed by atoms with van der Waals surface area (Å²) in [4.78, 5) is 3.99. The molecule has 2 N–H and O–H groups in total. The molecule has 1 fully saturated rings. The molecule has 3 heteroatoms. The summed E-state index contributed by atoms with van der Waals surface area (Å²) in [6, 6.07) is 8.73. The van der Waals surface area contributed by atoms with Crippen LogP contribution in [-0.2, 0) is 13.1 Å². The van der Waals surface area contributed by atoms with Crippen LogP contribution in [0.15, 0.2) is 24.3 Å². The summed E-state index contributed by atoms with van der Waals surface area (Å²) in [7, 11) is 0. The molecule has 0 unspecified atom stereocenters. The Kier molecular flexibility index (Phi) is 4.39. The fraction of sp³-hybridized carbons (Fsp3) is 0.529. The Morgan fingerprint density at radius 1 is 1.30 bits per heavy atom. The molecule has 0 radical (unpaired) electrons. The van der Waals surface area contributed by atoms with Gasteiger partial charge < -0.3 is 5.73 Å². The molecule has 3 rings (SSSR count). The Labute approximate surface area is 125 Å². The second-order valence-electron chi connectivity index (χ2n) is 5.88. The normalized spacial score (nSPS) is 15.3. The summed E-state index contributed by atoms with van der Waals surface area (Å²) in [5, 5.41) is 1.41. The zero-order valence-electron chi connectivity index (χ0n) is 12.3. The van der Waals surface area contributed by atoms with Crippen LogP contribution in [0.5, 0.6) is 0 Å². The number of nitrogens with zero attached hydrogens (tertiary/aromatic N) is 1. The second kappa shape index (κ2) is 6.25. The number of fused-ring (bicyclic) bond motifs is 1. The fourth-order valence-electron chi connectivity index (χ4n) is 2.93. The zero-order chi connectivity index (χ0) is 13.9. The molecule has 0 aliphatic heterocycles. The lowest BCUT2D eigenvalue weighted by Gasteiger charge is -2.22. The van der Waals surface area contributed by atoms with Crippen LogP contribution < -0.4 is 5.73 Å². The molecule has 0 saturated heterocycles. The first-order valence-corrected chi connectivity index (χ1v) is 8.55. The first-order chi connectivity index (χ1) is 9.81. The van der Waals surface area contributed by atoms with E-state index < -0.39 is 0 Å². The minimum absolute atomic E-state index is 0.665. The standard InChI is InChI=1S/C17H24N2S/c1-2-9-19(11-13-7-8-13)12-15-14-5-3-4-6-16(14)20-17(15)10-18/h3-6,13H,2,7-12,18H2,1H3. The summed E-state index contributed by atoms with van der Waals surface area (Å²) in [6.07, 6.45) is 4.08. The quantitative estimate of drug-likeness (QED) is 0.835. The van der Waals surface area contributed by atoms with Crippen molar-refractivity contribution >= 4 is 21.4 Å². The third-order valence-electron chi connectivity index (χ3n) is 4.10. The molecule has 0 atom stereocenters. The van der Waals surface area contributed by atoms with E-state index in [1.54, 1.807) is 0 Å². The lowest BCUT2D eigenvalue weighted by atomic mass is 10.1. The third kappa shape index (κ3) is 3.05. The molecule has 0 bridgehead atoms. The van der Waals surface area contributed by atoms with Crippen molar-refractivity contribution in [3.63, 3.8) is 0 Å². The van der Waals surface area contributed by atoms with Crippen molar-refractivity contribution in [1.29, 1.82) is 0 Å². The van der Waals surface area contributed by atoms with Gasteiger partial charge in [0.1, 0.15) is 0 Å². The van der Waals surface area contributed by atoms with Gasteiger partial charge in [-0.1, -0.05) is 25.1 Å². The molecule has 0 amide bonds. The van der Waals surface area contributed by atoms with Crippen LogP contribution in [0.2, 0.25) is 0 Å². The summed E-state index contributed by atoms with van der Waals surface area (Å²) in [6.45, 7) is 6.47. The predicted octanol–water partition coefficient (Wildman–Crippen LogP) is 3.98. The summed E-state index contributed by atoms with van der Waals surface area (Å²) >= 11 is 1.87. The Morgan fingerprint density at radius 3 is 2.80 bits per heavy atom. The number of hydrogen-bond acceptors (Lipinski definition) is 3. The minimum Gasteiger partial charge on any atom is -0.326 e. The highest BCUT2D eigenvalue weighted by atomic mass is 32.1. The van der Waals surface area contributed by atoms with E-state index >= 15 is 0 Å². The molecule has 20 heavy (non-hydrogen) atoms. The molecule has 2 nitrogen and oxygen atoms in total. The summed E-state index contributed by atoms with van der Waals surface area (Å²) in [5.74, 6) is 0.952. The second-order valence-corrected chi connectivity index (χ2v) is 7.02. The number of thiophene rings is 1. The van der Waals surface area contributed by atoms with Gasteiger partial charge in [0, 0.05) is 29.2 Å². The first kappa shape index (κ1) is 14.1. The van der Waals surface area contributed by atoms with Crippen LogP contribution in [0.4, 0.5) is 0 Å². The number of benzene rings is 1. The Balaban J connectivity index is 1.86. The van der Waals surface area contributed by atoms with Crippen LogP contribution >= 0.6 is 11.3 Å². The Hall–Kier alpha value is -0.900. The first-order valence-electron chi connectivity index (χ1n) is 7.73. The molecule has 1 saturated carbocycles. The highest BCUT2D eigenvalue weighted by molar-refractivity contribution is 7.19. The van der Waals surface area contributed by atoms with Crippen LogP contribution in [0.25, 0.3) is 10.1 Å². The number of hydrogen-bond donors (Lipinski definition) is 1.